The number of aliphatic carboxylic acids is 1. The number of carboxylic acid groups (broad SMARTS) is 1. The summed E-state index contributed by atoms with van der Waals surface area (Å²) in [5.41, 5.74) is 13.3. The molecule has 11 heteroatoms. The summed E-state index contributed by atoms with van der Waals surface area (Å²) in [5, 5.41) is 7.72. The SMILES string of the molecule is CCC(=O)O.COCC1(CN(C)c2cc(-c3cnc(C4CC4)c(C(F)(F)F)c3)nc(N)c2N)CCCC1. The Balaban J connectivity index is 0.000000695. The molecule has 204 valence electrons. The topological polar surface area (TPSA) is 128 Å². The molecule has 8 nitrogen and oxygen atoms in total. The van der Waals surface area contributed by atoms with Gasteiger partial charge >= 0.3 is 12.1 Å². The molecule has 2 aromatic heterocycles. The van der Waals surface area contributed by atoms with Gasteiger partial charge in [0.2, 0.25) is 0 Å². The molecular weight excluding hydrogens is 487 g/mol. The number of aromatic nitrogens is 2. The van der Waals surface area contributed by atoms with Crippen molar-refractivity contribution >= 4 is 23.2 Å². The van der Waals surface area contributed by atoms with E-state index in [2.05, 4.69) is 9.97 Å². The lowest BCUT2D eigenvalue weighted by Crippen LogP contribution is -2.37. The van der Waals surface area contributed by atoms with Crippen LogP contribution in [0.15, 0.2) is 18.3 Å². The molecule has 0 aliphatic heterocycles. The highest BCUT2D eigenvalue weighted by Gasteiger charge is 2.40. The first-order valence-corrected chi connectivity index (χ1v) is 12.5. The number of anilines is 3. The van der Waals surface area contributed by atoms with Gasteiger partial charge in [0.1, 0.15) is 5.82 Å². The number of hydrogen-bond donors (Lipinski definition) is 3. The van der Waals surface area contributed by atoms with Crippen LogP contribution in [0.1, 0.15) is 69.0 Å². The zero-order valence-electron chi connectivity index (χ0n) is 21.6. The van der Waals surface area contributed by atoms with Crippen molar-refractivity contribution < 1.29 is 27.8 Å². The number of nitrogens with zero attached hydrogens (tertiary/aromatic N) is 3. The first-order chi connectivity index (χ1) is 17.4. The van der Waals surface area contributed by atoms with E-state index in [0.29, 0.717) is 30.2 Å². The monoisotopic (exact) mass is 523 g/mol. The summed E-state index contributed by atoms with van der Waals surface area (Å²) >= 11 is 0. The minimum absolute atomic E-state index is 0.0189. The fraction of sp³-hybridized carbons (Fsp3) is 0.577. The van der Waals surface area contributed by atoms with Crippen LogP contribution in [0.4, 0.5) is 30.4 Å². The minimum atomic E-state index is -4.48. The maximum atomic E-state index is 13.7. The van der Waals surface area contributed by atoms with E-state index in [4.69, 9.17) is 21.3 Å². The van der Waals surface area contributed by atoms with Gasteiger partial charge < -0.3 is 26.2 Å². The van der Waals surface area contributed by atoms with Crippen LogP contribution in [-0.2, 0) is 15.7 Å². The Morgan fingerprint density at radius 2 is 1.86 bits per heavy atom. The molecule has 2 heterocycles. The largest absolute Gasteiger partial charge is 0.481 e. The van der Waals surface area contributed by atoms with Crippen molar-refractivity contribution in [2.75, 3.05) is 43.7 Å². The molecule has 2 saturated carbocycles. The molecule has 4 rings (SSSR count). The summed E-state index contributed by atoms with van der Waals surface area (Å²) in [7, 11) is 3.62. The zero-order valence-corrected chi connectivity index (χ0v) is 21.6. The van der Waals surface area contributed by atoms with E-state index in [1.807, 2.05) is 11.9 Å². The number of rotatable bonds is 8. The van der Waals surface area contributed by atoms with Crippen LogP contribution in [0.3, 0.4) is 0 Å². The Hall–Kier alpha value is -3.08. The lowest BCUT2D eigenvalue weighted by molar-refractivity contribution is -0.138. The number of methoxy groups -OCH3 is 1. The molecule has 37 heavy (non-hydrogen) atoms. The second-order valence-corrected chi connectivity index (χ2v) is 10.00. The first-order valence-electron chi connectivity index (χ1n) is 12.5. The Morgan fingerprint density at radius 3 is 2.38 bits per heavy atom. The van der Waals surface area contributed by atoms with Crippen LogP contribution in [0.2, 0.25) is 0 Å². The summed E-state index contributed by atoms with van der Waals surface area (Å²) < 4.78 is 46.6. The molecule has 0 amide bonds. The third kappa shape index (κ3) is 7.03. The number of alkyl halides is 3. The summed E-state index contributed by atoms with van der Waals surface area (Å²) in [6, 6.07) is 2.83. The Bertz CT molecular complexity index is 1100. The summed E-state index contributed by atoms with van der Waals surface area (Å²) in [4.78, 5) is 19.8. The van der Waals surface area contributed by atoms with Gasteiger partial charge in [0, 0.05) is 50.2 Å². The molecule has 2 aliphatic rings. The molecule has 2 fully saturated rings. The van der Waals surface area contributed by atoms with Crippen molar-refractivity contribution in [2.45, 2.75) is 64.0 Å². The number of carbonyl (C=O) groups is 1. The molecule has 2 aliphatic carbocycles. The quantitative estimate of drug-likeness (QED) is 0.424. The Labute approximate surface area is 215 Å². The number of ether oxygens (including phenoxy) is 1. The predicted octanol–water partition coefficient (Wildman–Crippen LogP) is 5.33. The fourth-order valence-electron chi connectivity index (χ4n) is 4.92. The maximum absolute atomic E-state index is 13.7. The molecule has 0 radical (unpaired) electrons. The molecule has 0 unspecified atom stereocenters. The lowest BCUT2D eigenvalue weighted by Gasteiger charge is -2.34. The molecule has 0 atom stereocenters. The van der Waals surface area contributed by atoms with Gasteiger partial charge in [-0.25, -0.2) is 4.98 Å². The minimum Gasteiger partial charge on any atom is -0.481 e. The summed E-state index contributed by atoms with van der Waals surface area (Å²) in [6.07, 6.45) is 3.08. The van der Waals surface area contributed by atoms with Crippen LogP contribution in [0, 0.1) is 5.41 Å². The van der Waals surface area contributed by atoms with Gasteiger partial charge in [-0.05, 0) is 37.8 Å². The van der Waals surface area contributed by atoms with Crippen molar-refractivity contribution in [3.05, 3.63) is 29.6 Å². The van der Waals surface area contributed by atoms with Gasteiger partial charge in [-0.2, -0.15) is 13.2 Å². The van der Waals surface area contributed by atoms with E-state index in [-0.39, 0.29) is 34.8 Å². The second-order valence-electron chi connectivity index (χ2n) is 10.00. The molecule has 5 N–H and O–H groups in total. The van der Waals surface area contributed by atoms with Crippen molar-refractivity contribution in [3.8, 4) is 11.3 Å². The zero-order chi connectivity index (χ0) is 27.4. The predicted molar refractivity (Wildman–Crippen MR) is 137 cm³/mol. The smallest absolute Gasteiger partial charge is 0.418 e. The normalized spacial score (nSPS) is 16.7. The average molecular weight is 524 g/mol. The van der Waals surface area contributed by atoms with Crippen molar-refractivity contribution in [3.63, 3.8) is 0 Å². The highest BCUT2D eigenvalue weighted by atomic mass is 19.4. The fourth-order valence-corrected chi connectivity index (χ4v) is 4.92. The summed E-state index contributed by atoms with van der Waals surface area (Å²) in [6.45, 7) is 2.95. The molecule has 0 spiro atoms. The summed E-state index contributed by atoms with van der Waals surface area (Å²) in [5.74, 6) is -0.767. The van der Waals surface area contributed by atoms with Crippen molar-refractivity contribution in [1.29, 1.82) is 0 Å². The molecule has 0 aromatic carbocycles. The van der Waals surface area contributed by atoms with Gasteiger partial charge in [0.05, 0.1) is 34.9 Å². The van der Waals surface area contributed by atoms with Crippen LogP contribution >= 0.6 is 0 Å². The first kappa shape index (κ1) is 28.5. The van der Waals surface area contributed by atoms with Gasteiger partial charge in [0.15, 0.2) is 0 Å². The number of carboxylic acids is 1. The number of nitrogen functional groups attached to an aromatic ring is 2. The van der Waals surface area contributed by atoms with Crippen molar-refractivity contribution in [1.82, 2.24) is 9.97 Å². The number of nitrogens with two attached hydrogens (primary N) is 2. The Morgan fingerprint density at radius 1 is 1.24 bits per heavy atom. The molecule has 2 aromatic rings. The third-order valence-corrected chi connectivity index (χ3v) is 6.95. The number of halogens is 3. The maximum Gasteiger partial charge on any atom is 0.418 e. The van der Waals surface area contributed by atoms with Gasteiger partial charge in [0.25, 0.3) is 0 Å². The molecular formula is C26H36F3N5O3. The molecule has 0 bridgehead atoms. The van der Waals surface area contributed by atoms with E-state index in [0.717, 1.165) is 44.6 Å². The Kier molecular flexibility index (Phi) is 8.88. The molecule has 0 saturated heterocycles. The van der Waals surface area contributed by atoms with Crippen LogP contribution in [0.25, 0.3) is 11.3 Å². The van der Waals surface area contributed by atoms with E-state index in [9.17, 15) is 18.0 Å². The van der Waals surface area contributed by atoms with Crippen LogP contribution in [-0.4, -0.2) is 48.4 Å². The standard InChI is InChI=1S/C23H30F3N5O.C3H6O2/c1-31(12-22(13-32-2)7-3-4-8-22)18-10-17(30-21(28)19(18)27)15-9-16(23(24,25)26)20(29-11-15)14-5-6-14;1-2-3(4)5/h9-11,14H,3-8,12-13,27H2,1-2H3,(H2,28,30);2H2,1H3,(H,4,5). The van der Waals surface area contributed by atoms with E-state index in [1.165, 1.54) is 6.20 Å². The number of pyridine rings is 2. The van der Waals surface area contributed by atoms with Crippen LogP contribution in [0.5, 0.6) is 0 Å². The van der Waals surface area contributed by atoms with Crippen molar-refractivity contribution in [2.24, 2.45) is 5.41 Å². The number of hydrogen-bond acceptors (Lipinski definition) is 7. The van der Waals surface area contributed by atoms with Gasteiger partial charge in [-0.1, -0.05) is 19.8 Å². The highest BCUT2D eigenvalue weighted by molar-refractivity contribution is 5.82. The lowest BCUT2D eigenvalue weighted by atomic mass is 9.86. The van der Waals surface area contributed by atoms with E-state index < -0.39 is 17.7 Å². The highest BCUT2D eigenvalue weighted by Crippen LogP contribution is 2.46. The van der Waals surface area contributed by atoms with Crippen LogP contribution < -0.4 is 16.4 Å². The van der Waals surface area contributed by atoms with E-state index in [1.54, 1.807) is 20.1 Å². The average Bonchev–Trinajstić information content (AvgIpc) is 3.59. The third-order valence-electron chi connectivity index (χ3n) is 6.95. The second kappa shape index (κ2) is 11.5. The van der Waals surface area contributed by atoms with E-state index >= 15 is 0 Å². The van der Waals surface area contributed by atoms with Gasteiger partial charge in [-0.3, -0.25) is 9.78 Å². The van der Waals surface area contributed by atoms with Gasteiger partial charge in [-0.15, -0.1) is 0 Å².